The second-order valence-corrected chi connectivity index (χ2v) is 39.7. The van der Waals surface area contributed by atoms with Gasteiger partial charge in [0.15, 0.2) is 0 Å². The molecule has 0 spiro atoms. The Balaban J connectivity index is 1.40. The summed E-state index contributed by atoms with van der Waals surface area (Å²) in [6, 6.07) is 39.8. The van der Waals surface area contributed by atoms with Crippen LogP contribution in [0.3, 0.4) is 0 Å². The van der Waals surface area contributed by atoms with Crippen LogP contribution in [0.2, 0.25) is 0 Å². The van der Waals surface area contributed by atoms with E-state index in [1.165, 1.54) is 320 Å². The number of aliphatic hydroxyl groups is 2. The normalized spacial score (nSPS) is 12.2. The molecule has 5 heterocycles. The van der Waals surface area contributed by atoms with E-state index in [-0.39, 0.29) is 0 Å². The molecule has 9 rings (SSSR count). The quantitative estimate of drug-likeness (QED) is 0.0373. The molecule has 0 radical (unpaired) electrons. The van der Waals surface area contributed by atoms with Gasteiger partial charge >= 0.3 is 0 Å². The van der Waals surface area contributed by atoms with Crippen LogP contribution in [0, 0.1) is 0 Å². The molecular formula is C106H156O2S5. The minimum atomic E-state index is -1.58. The lowest BCUT2D eigenvalue weighted by atomic mass is 9.75. The van der Waals surface area contributed by atoms with Crippen molar-refractivity contribution in [2.24, 2.45) is 0 Å². The first-order chi connectivity index (χ1) is 55.5. The average molecular weight is 1620 g/mol. The first-order valence-electron chi connectivity index (χ1n) is 47.6. The third kappa shape index (κ3) is 28.8. The van der Waals surface area contributed by atoms with Crippen LogP contribution >= 0.6 is 56.7 Å². The van der Waals surface area contributed by atoms with Crippen molar-refractivity contribution in [1.29, 1.82) is 0 Å². The van der Waals surface area contributed by atoms with E-state index < -0.39 is 11.2 Å². The highest BCUT2D eigenvalue weighted by Crippen LogP contribution is 2.60. The van der Waals surface area contributed by atoms with Crippen LogP contribution in [0.1, 0.15) is 441 Å². The van der Waals surface area contributed by atoms with Crippen molar-refractivity contribution in [1.82, 2.24) is 0 Å². The number of hydrogen-bond acceptors (Lipinski definition) is 7. The van der Waals surface area contributed by atoms with E-state index in [0.717, 1.165) is 155 Å². The largest absolute Gasteiger partial charge is 0.376 e. The van der Waals surface area contributed by atoms with Crippen molar-refractivity contribution in [2.45, 2.75) is 426 Å². The minimum absolute atomic E-state index is 1.00. The Morgan fingerprint density at radius 2 is 0.469 bits per heavy atom. The van der Waals surface area contributed by atoms with Gasteiger partial charge in [0.05, 0.1) is 19.2 Å². The molecule has 0 aliphatic carbocycles. The van der Waals surface area contributed by atoms with E-state index in [1.807, 2.05) is 56.7 Å². The number of rotatable bonds is 64. The molecule has 0 aliphatic heterocycles. The molecule has 2 nitrogen and oxygen atoms in total. The Kier molecular flexibility index (Phi) is 43.2. The van der Waals surface area contributed by atoms with Crippen LogP contribution in [0.15, 0.2) is 108 Å². The van der Waals surface area contributed by atoms with Gasteiger partial charge in [-0.3, -0.25) is 0 Å². The van der Waals surface area contributed by atoms with Gasteiger partial charge in [-0.05, 0) is 198 Å². The standard InChI is InChI=1S/C106H156O2S5/c1-9-17-25-33-41-49-58-83-70-84(59-50-42-34-26-18-10-2)75-91(74-83)105(107,92-76-85(60-51-43-35-27-19-11-3)71-86(77-92)61-52-44-36-28-20-12-4)99-101(96-66-57-68-109-96)112-104-100(102(113-103(99)104)98-82-97-95(111-98)67-69-110-97)106(108,93-78-87(62-53-45-37-29-21-13-5)72-88(79-93)63-54-46-38-30-22-14-6)94-80-89(64-55-47-39-31-23-15-7)73-90(81-94)65-56-48-40-32-24-16-8/h57,66-82,107-108H,9-56,58-65H2,1-8H3. The summed E-state index contributed by atoms with van der Waals surface area (Å²) in [6.07, 6.45) is 68.1. The number of aryl methyl sites for hydroxylation is 8. The predicted octanol–water partition coefficient (Wildman–Crippen LogP) is 35.4. The highest BCUT2D eigenvalue weighted by atomic mass is 32.1. The summed E-state index contributed by atoms with van der Waals surface area (Å²) in [5.74, 6) is 0. The highest BCUT2D eigenvalue weighted by molar-refractivity contribution is 7.35. The fraction of sp³-hybridized carbons (Fsp3) is 0.623. The summed E-state index contributed by atoms with van der Waals surface area (Å²) in [5.41, 5.74) is 13.9. The lowest BCUT2D eigenvalue weighted by molar-refractivity contribution is 0.127. The second-order valence-electron chi connectivity index (χ2n) is 34.7. The zero-order chi connectivity index (χ0) is 79.6. The summed E-state index contributed by atoms with van der Waals surface area (Å²) < 4.78 is 4.86. The smallest absolute Gasteiger partial charge is 0.143 e. The summed E-state index contributed by atoms with van der Waals surface area (Å²) in [6.45, 7) is 18.7. The second kappa shape index (κ2) is 52.7. The van der Waals surface area contributed by atoms with Gasteiger partial charge in [-0.1, -0.05) is 391 Å². The van der Waals surface area contributed by atoms with E-state index in [1.54, 1.807) is 0 Å². The van der Waals surface area contributed by atoms with Crippen LogP contribution < -0.4 is 0 Å². The van der Waals surface area contributed by atoms with Crippen molar-refractivity contribution >= 4 is 75.5 Å². The Hall–Kier alpha value is -4.18. The fourth-order valence-electron chi connectivity index (χ4n) is 18.1. The summed E-state index contributed by atoms with van der Waals surface area (Å²) in [5, 5.41) is 36.9. The topological polar surface area (TPSA) is 40.5 Å². The molecule has 7 heteroatoms. The van der Waals surface area contributed by atoms with Crippen molar-refractivity contribution in [3.05, 3.63) is 186 Å². The summed E-state index contributed by atoms with van der Waals surface area (Å²) in [7, 11) is 0. The van der Waals surface area contributed by atoms with Crippen LogP contribution in [0.5, 0.6) is 0 Å². The first kappa shape index (κ1) is 92.7. The number of hydrogen-bond donors (Lipinski definition) is 2. The monoisotopic (exact) mass is 1620 g/mol. The molecule has 4 aromatic carbocycles. The van der Waals surface area contributed by atoms with Gasteiger partial charge in [-0.15, -0.1) is 56.7 Å². The molecule has 2 N–H and O–H groups in total. The number of thiophene rings is 5. The maximum Gasteiger partial charge on any atom is 0.143 e. The molecule has 9 aromatic rings. The minimum Gasteiger partial charge on any atom is -0.376 e. The molecule has 0 aliphatic rings. The molecule has 0 saturated heterocycles. The van der Waals surface area contributed by atoms with Gasteiger partial charge in [0.2, 0.25) is 0 Å². The molecule has 5 aromatic heterocycles. The number of benzene rings is 4. The Bertz CT molecular complexity index is 3710. The molecule has 0 amide bonds. The lowest BCUT2D eigenvalue weighted by Gasteiger charge is -2.32. The zero-order valence-corrected chi connectivity index (χ0v) is 77.0. The van der Waals surface area contributed by atoms with Gasteiger partial charge in [0, 0.05) is 30.3 Å². The maximum atomic E-state index is 16.2. The van der Waals surface area contributed by atoms with E-state index in [0.29, 0.717) is 0 Å². The van der Waals surface area contributed by atoms with Gasteiger partial charge in [0.1, 0.15) is 11.2 Å². The highest BCUT2D eigenvalue weighted by Gasteiger charge is 2.46. The van der Waals surface area contributed by atoms with Crippen molar-refractivity contribution in [2.75, 3.05) is 0 Å². The third-order valence-corrected chi connectivity index (χ3v) is 30.7. The predicted molar refractivity (Wildman–Crippen MR) is 508 cm³/mol. The van der Waals surface area contributed by atoms with Gasteiger partial charge in [-0.25, -0.2) is 0 Å². The first-order valence-corrected chi connectivity index (χ1v) is 51.8. The molecule has 622 valence electrons. The fourth-order valence-corrected chi connectivity index (χ4v) is 24.2. The molecule has 0 fully saturated rings. The summed E-state index contributed by atoms with van der Waals surface area (Å²) in [4.78, 5) is 4.71. The average Bonchev–Trinajstić information content (AvgIpc) is 1.53. The van der Waals surface area contributed by atoms with Crippen LogP contribution in [-0.4, -0.2) is 10.2 Å². The van der Waals surface area contributed by atoms with Gasteiger partial charge in [0.25, 0.3) is 0 Å². The third-order valence-electron chi connectivity index (χ3n) is 24.8. The lowest BCUT2D eigenvalue weighted by Crippen LogP contribution is -2.30. The Morgan fingerprint density at radius 3 is 0.699 bits per heavy atom. The maximum absolute atomic E-state index is 16.2. The van der Waals surface area contributed by atoms with E-state index in [9.17, 15) is 0 Å². The van der Waals surface area contributed by atoms with Gasteiger partial charge < -0.3 is 10.2 Å². The van der Waals surface area contributed by atoms with Crippen LogP contribution in [-0.2, 0) is 62.6 Å². The molecule has 0 atom stereocenters. The van der Waals surface area contributed by atoms with E-state index >= 15 is 10.2 Å². The van der Waals surface area contributed by atoms with Crippen LogP contribution in [0.4, 0.5) is 0 Å². The molecule has 0 bridgehead atoms. The van der Waals surface area contributed by atoms with E-state index in [4.69, 9.17) is 0 Å². The van der Waals surface area contributed by atoms with Crippen molar-refractivity contribution in [3.63, 3.8) is 0 Å². The SMILES string of the molecule is CCCCCCCCc1cc(CCCCCCCC)cc(C(O)(c2cc(CCCCCCCC)cc(CCCCCCCC)c2)c2c(-c3cccs3)sc3c(C(O)(c4cc(CCCCCCCC)cc(CCCCCCCC)c4)c4cc(CCCCCCCC)cc(CCCCCCCC)c4)c(-c4cc5sccc5s4)sc23)c1. The Morgan fingerprint density at radius 1 is 0.230 bits per heavy atom. The molecule has 0 unspecified atom stereocenters. The van der Waals surface area contributed by atoms with Crippen molar-refractivity contribution in [3.8, 4) is 19.5 Å². The summed E-state index contributed by atoms with van der Waals surface area (Å²) >= 11 is 9.37. The van der Waals surface area contributed by atoms with E-state index in [2.05, 4.69) is 163 Å². The molecule has 113 heavy (non-hydrogen) atoms. The van der Waals surface area contributed by atoms with Crippen LogP contribution in [0.25, 0.3) is 38.3 Å². The molecule has 0 saturated carbocycles. The van der Waals surface area contributed by atoms with Crippen molar-refractivity contribution < 1.29 is 10.2 Å². The number of unbranched alkanes of at least 4 members (excludes halogenated alkanes) is 40. The Labute approximate surface area is 711 Å². The molecular weight excluding hydrogens is 1470 g/mol. The number of fused-ring (bicyclic) bond motifs is 2. The zero-order valence-electron chi connectivity index (χ0n) is 72.9. The van der Waals surface area contributed by atoms with Gasteiger partial charge in [-0.2, -0.15) is 0 Å².